The van der Waals surface area contributed by atoms with Gasteiger partial charge in [-0.05, 0) is 31.4 Å². The summed E-state index contributed by atoms with van der Waals surface area (Å²) in [5.74, 6) is 1.81. The summed E-state index contributed by atoms with van der Waals surface area (Å²) in [5.41, 5.74) is 0. The average molecular weight is 504 g/mol. The molecule has 150 valence electrons. The van der Waals surface area contributed by atoms with E-state index in [4.69, 9.17) is 14.1 Å². The second-order valence-electron chi connectivity index (χ2n) is 6.33. The second-order valence-corrected chi connectivity index (χ2v) is 7.53. The van der Waals surface area contributed by atoms with Crippen molar-refractivity contribution in [2.45, 2.75) is 45.1 Å². The minimum absolute atomic E-state index is 0. The molecule has 2 aromatic heterocycles. The number of furan rings is 1. The Balaban J connectivity index is 0.00000261. The quantitative estimate of drug-likeness (QED) is 0.311. The van der Waals surface area contributed by atoms with Gasteiger partial charge in [-0.3, -0.25) is 4.99 Å². The van der Waals surface area contributed by atoms with Gasteiger partial charge in [0.05, 0.1) is 23.9 Å². The number of aromatic nitrogens is 1. The topological polar surface area (TPSA) is 71.7 Å². The zero-order valence-corrected chi connectivity index (χ0v) is 18.9. The lowest BCUT2D eigenvalue weighted by Gasteiger charge is -2.13. The van der Waals surface area contributed by atoms with Crippen LogP contribution in [0.5, 0.6) is 0 Å². The summed E-state index contributed by atoms with van der Waals surface area (Å²) in [6.07, 6.45) is 8.97. The first kappa shape index (κ1) is 22.2. The number of ether oxygens (including phenoxy) is 1. The summed E-state index contributed by atoms with van der Waals surface area (Å²) >= 11 is 1.79. The molecule has 0 spiro atoms. The molecule has 0 bridgehead atoms. The molecule has 1 unspecified atom stereocenters. The summed E-state index contributed by atoms with van der Waals surface area (Å²) < 4.78 is 11.1. The van der Waals surface area contributed by atoms with E-state index in [1.165, 1.54) is 9.88 Å². The summed E-state index contributed by atoms with van der Waals surface area (Å²) in [7, 11) is 0. The molecular weight excluding hydrogens is 475 g/mol. The highest BCUT2D eigenvalue weighted by molar-refractivity contribution is 14.0. The van der Waals surface area contributed by atoms with Gasteiger partial charge in [-0.1, -0.05) is 6.92 Å². The fraction of sp³-hybridized carbons (Fsp3) is 0.579. The molecule has 0 aromatic carbocycles. The van der Waals surface area contributed by atoms with Gasteiger partial charge in [0.25, 0.3) is 0 Å². The molecule has 1 aliphatic heterocycles. The molecule has 0 radical (unpaired) electrons. The molecule has 2 aromatic rings. The first-order valence-corrected chi connectivity index (χ1v) is 10.2. The third-order valence-corrected chi connectivity index (χ3v) is 5.50. The molecule has 0 amide bonds. The SMILES string of the molecule is CCc1cnc(CCNC(=NCC2CCCO2)NCCc2ccco2)s1.I. The zero-order chi connectivity index (χ0) is 18.0. The number of thiazole rings is 1. The van der Waals surface area contributed by atoms with Gasteiger partial charge in [0.15, 0.2) is 5.96 Å². The number of hydrogen-bond acceptors (Lipinski definition) is 5. The number of nitrogens with one attached hydrogen (secondary N) is 2. The number of nitrogens with zero attached hydrogens (tertiary/aromatic N) is 2. The molecule has 3 heterocycles. The van der Waals surface area contributed by atoms with Gasteiger partial charge in [-0.2, -0.15) is 0 Å². The lowest BCUT2D eigenvalue weighted by atomic mass is 10.2. The van der Waals surface area contributed by atoms with Crippen molar-refractivity contribution in [2.75, 3.05) is 26.2 Å². The van der Waals surface area contributed by atoms with E-state index in [-0.39, 0.29) is 30.1 Å². The highest BCUT2D eigenvalue weighted by Crippen LogP contribution is 2.13. The summed E-state index contributed by atoms with van der Waals surface area (Å²) in [4.78, 5) is 10.5. The lowest BCUT2D eigenvalue weighted by Crippen LogP contribution is -2.40. The van der Waals surface area contributed by atoms with Crippen LogP contribution in [0.2, 0.25) is 0 Å². The standard InChI is InChI=1S/C19H28N4O2S.HI/c1-2-17-14-22-18(26-17)8-10-21-19(23-13-16-6-4-12-25-16)20-9-7-15-5-3-11-24-15;/h3,5,11,14,16H,2,4,6-10,12-13H2,1H3,(H2,20,21,23);1H. The van der Waals surface area contributed by atoms with E-state index in [9.17, 15) is 0 Å². The van der Waals surface area contributed by atoms with Crippen molar-refractivity contribution in [2.24, 2.45) is 4.99 Å². The van der Waals surface area contributed by atoms with Crippen molar-refractivity contribution in [3.8, 4) is 0 Å². The molecule has 1 saturated heterocycles. The molecule has 1 atom stereocenters. The largest absolute Gasteiger partial charge is 0.469 e. The second kappa shape index (κ2) is 12.4. The lowest BCUT2D eigenvalue weighted by molar-refractivity contribution is 0.117. The van der Waals surface area contributed by atoms with E-state index >= 15 is 0 Å². The Morgan fingerprint density at radius 2 is 2.19 bits per heavy atom. The van der Waals surface area contributed by atoms with E-state index in [1.54, 1.807) is 17.6 Å². The normalized spacial score (nSPS) is 16.9. The van der Waals surface area contributed by atoms with Crippen LogP contribution in [-0.2, 0) is 24.0 Å². The maximum Gasteiger partial charge on any atom is 0.191 e. The van der Waals surface area contributed by atoms with Crippen LogP contribution in [0, 0.1) is 0 Å². The number of hydrogen-bond donors (Lipinski definition) is 2. The fourth-order valence-corrected chi connectivity index (χ4v) is 3.69. The Labute approximate surface area is 182 Å². The van der Waals surface area contributed by atoms with Crippen LogP contribution in [0.25, 0.3) is 0 Å². The molecule has 3 rings (SSSR count). The minimum atomic E-state index is 0. The van der Waals surface area contributed by atoms with Gasteiger partial charge in [0.2, 0.25) is 0 Å². The number of aliphatic imine (C=N–C) groups is 1. The van der Waals surface area contributed by atoms with Crippen LogP contribution in [0.1, 0.15) is 35.4 Å². The highest BCUT2D eigenvalue weighted by Gasteiger charge is 2.15. The maximum atomic E-state index is 5.67. The molecule has 1 fully saturated rings. The molecule has 8 heteroatoms. The third-order valence-electron chi connectivity index (χ3n) is 4.30. The van der Waals surface area contributed by atoms with E-state index < -0.39 is 0 Å². The van der Waals surface area contributed by atoms with E-state index in [2.05, 4.69) is 22.5 Å². The van der Waals surface area contributed by atoms with Gasteiger partial charge in [-0.15, -0.1) is 35.3 Å². The van der Waals surface area contributed by atoms with Crippen LogP contribution in [0.15, 0.2) is 34.0 Å². The van der Waals surface area contributed by atoms with Gasteiger partial charge < -0.3 is 19.8 Å². The fourth-order valence-electron chi connectivity index (χ4n) is 2.83. The van der Waals surface area contributed by atoms with Crippen molar-refractivity contribution in [3.63, 3.8) is 0 Å². The maximum absolute atomic E-state index is 5.67. The Bertz CT molecular complexity index is 669. The van der Waals surface area contributed by atoms with E-state index in [1.807, 2.05) is 18.3 Å². The highest BCUT2D eigenvalue weighted by atomic mass is 127. The molecule has 1 aliphatic rings. The van der Waals surface area contributed by atoms with Crippen LogP contribution >= 0.6 is 35.3 Å². The number of aryl methyl sites for hydroxylation is 1. The van der Waals surface area contributed by atoms with Gasteiger partial charge in [-0.25, -0.2) is 4.98 Å². The van der Waals surface area contributed by atoms with Gasteiger partial charge in [0, 0.05) is 43.6 Å². The van der Waals surface area contributed by atoms with Gasteiger partial charge in [0.1, 0.15) is 5.76 Å². The minimum Gasteiger partial charge on any atom is -0.469 e. The molecule has 27 heavy (non-hydrogen) atoms. The number of rotatable bonds is 9. The van der Waals surface area contributed by atoms with Crippen molar-refractivity contribution in [1.82, 2.24) is 15.6 Å². The molecule has 2 N–H and O–H groups in total. The summed E-state index contributed by atoms with van der Waals surface area (Å²) in [6.45, 7) is 5.32. The first-order valence-electron chi connectivity index (χ1n) is 9.43. The summed E-state index contributed by atoms with van der Waals surface area (Å²) in [6, 6.07) is 3.91. The molecule has 0 aliphatic carbocycles. The van der Waals surface area contributed by atoms with Crippen LogP contribution in [0.4, 0.5) is 0 Å². The monoisotopic (exact) mass is 504 g/mol. The Morgan fingerprint density at radius 1 is 1.33 bits per heavy atom. The van der Waals surface area contributed by atoms with Crippen LogP contribution < -0.4 is 10.6 Å². The third kappa shape index (κ3) is 7.79. The number of guanidine groups is 1. The van der Waals surface area contributed by atoms with E-state index in [0.717, 1.165) is 63.5 Å². The predicted molar refractivity (Wildman–Crippen MR) is 120 cm³/mol. The predicted octanol–water partition coefficient (Wildman–Crippen LogP) is 3.42. The average Bonchev–Trinajstić information content (AvgIpc) is 3.41. The smallest absolute Gasteiger partial charge is 0.191 e. The Hall–Kier alpha value is -1.13. The van der Waals surface area contributed by atoms with Crippen molar-refractivity contribution in [1.29, 1.82) is 0 Å². The zero-order valence-electron chi connectivity index (χ0n) is 15.8. The Kier molecular flexibility index (Phi) is 10.1. The Morgan fingerprint density at radius 3 is 2.85 bits per heavy atom. The molecule has 0 saturated carbocycles. The summed E-state index contributed by atoms with van der Waals surface area (Å²) in [5, 5.41) is 7.98. The van der Waals surface area contributed by atoms with Gasteiger partial charge >= 0.3 is 0 Å². The first-order chi connectivity index (χ1) is 12.8. The van der Waals surface area contributed by atoms with Crippen molar-refractivity contribution in [3.05, 3.63) is 40.2 Å². The van der Waals surface area contributed by atoms with Crippen molar-refractivity contribution < 1.29 is 9.15 Å². The number of halogens is 1. The van der Waals surface area contributed by atoms with Crippen molar-refractivity contribution >= 4 is 41.3 Å². The molecule has 6 nitrogen and oxygen atoms in total. The van der Waals surface area contributed by atoms with Crippen LogP contribution in [-0.4, -0.2) is 43.3 Å². The molecular formula is C19H29IN4O2S. The van der Waals surface area contributed by atoms with Crippen LogP contribution in [0.3, 0.4) is 0 Å². The van der Waals surface area contributed by atoms with E-state index in [0.29, 0.717) is 6.54 Å².